The lowest BCUT2D eigenvalue weighted by Crippen LogP contribution is -2.13. The quantitative estimate of drug-likeness (QED) is 0.233. The van der Waals surface area contributed by atoms with Crippen LogP contribution in [0.15, 0.2) is 29.0 Å². The number of allylic oxidation sites excluding steroid dienone is 3. The van der Waals surface area contributed by atoms with Crippen LogP contribution < -0.4 is 5.73 Å². The van der Waals surface area contributed by atoms with E-state index in [1.807, 2.05) is 18.2 Å². The van der Waals surface area contributed by atoms with E-state index in [0.717, 1.165) is 12.0 Å². The Labute approximate surface area is 53.2 Å². The SMILES string of the molecule is N/C(=N\O)C1=CC=CC1. The van der Waals surface area contributed by atoms with Gasteiger partial charge in [0, 0.05) is 5.57 Å². The van der Waals surface area contributed by atoms with Crippen LogP contribution in [0, 0.1) is 0 Å². The van der Waals surface area contributed by atoms with Crippen molar-refractivity contribution >= 4 is 5.84 Å². The minimum absolute atomic E-state index is 0.208. The molecule has 0 saturated heterocycles. The number of rotatable bonds is 1. The Hall–Kier alpha value is -1.25. The van der Waals surface area contributed by atoms with Gasteiger partial charge in [0.25, 0.3) is 0 Å². The van der Waals surface area contributed by atoms with E-state index in [0.29, 0.717) is 0 Å². The molecule has 0 amide bonds. The predicted octanol–water partition coefficient (Wildman–Crippen LogP) is 0.619. The molecule has 3 N–H and O–H groups in total. The summed E-state index contributed by atoms with van der Waals surface area (Å²) in [5, 5.41) is 11.0. The monoisotopic (exact) mass is 124 g/mol. The van der Waals surface area contributed by atoms with Gasteiger partial charge in [-0.15, -0.1) is 0 Å². The van der Waals surface area contributed by atoms with E-state index >= 15 is 0 Å². The van der Waals surface area contributed by atoms with Crippen LogP contribution in [0.5, 0.6) is 0 Å². The van der Waals surface area contributed by atoms with Crippen molar-refractivity contribution in [2.24, 2.45) is 10.9 Å². The summed E-state index contributed by atoms with van der Waals surface area (Å²) in [5.41, 5.74) is 6.14. The van der Waals surface area contributed by atoms with Crippen LogP contribution in [0.2, 0.25) is 0 Å². The molecule has 0 heterocycles. The second-order valence-electron chi connectivity index (χ2n) is 1.81. The van der Waals surface area contributed by atoms with Crippen molar-refractivity contribution in [1.29, 1.82) is 0 Å². The van der Waals surface area contributed by atoms with Gasteiger partial charge >= 0.3 is 0 Å². The van der Waals surface area contributed by atoms with E-state index in [1.165, 1.54) is 0 Å². The molecule has 0 unspecified atom stereocenters. The number of hydrogen-bond acceptors (Lipinski definition) is 2. The van der Waals surface area contributed by atoms with E-state index in [9.17, 15) is 0 Å². The summed E-state index contributed by atoms with van der Waals surface area (Å²) in [6.45, 7) is 0. The smallest absolute Gasteiger partial charge is 0.166 e. The fourth-order valence-electron chi connectivity index (χ4n) is 0.701. The van der Waals surface area contributed by atoms with E-state index in [1.54, 1.807) is 0 Å². The fraction of sp³-hybridized carbons (Fsp3) is 0.167. The minimum atomic E-state index is 0.208. The van der Waals surface area contributed by atoms with E-state index in [2.05, 4.69) is 5.16 Å². The fourth-order valence-corrected chi connectivity index (χ4v) is 0.701. The number of nitrogens with two attached hydrogens (primary N) is 1. The second-order valence-corrected chi connectivity index (χ2v) is 1.81. The molecule has 0 atom stereocenters. The zero-order valence-corrected chi connectivity index (χ0v) is 4.91. The van der Waals surface area contributed by atoms with Gasteiger partial charge in [-0.25, -0.2) is 0 Å². The van der Waals surface area contributed by atoms with Gasteiger partial charge in [0.1, 0.15) is 0 Å². The highest BCUT2D eigenvalue weighted by molar-refractivity contribution is 5.97. The van der Waals surface area contributed by atoms with Crippen molar-refractivity contribution in [1.82, 2.24) is 0 Å². The van der Waals surface area contributed by atoms with Gasteiger partial charge in [-0.1, -0.05) is 23.4 Å². The molecule has 0 aromatic heterocycles. The molecule has 0 aliphatic heterocycles. The van der Waals surface area contributed by atoms with Crippen molar-refractivity contribution in [2.45, 2.75) is 6.42 Å². The van der Waals surface area contributed by atoms with Crippen molar-refractivity contribution in [3.8, 4) is 0 Å². The first kappa shape index (κ1) is 5.88. The summed E-state index contributed by atoms with van der Waals surface area (Å²) < 4.78 is 0. The third-order valence-electron chi connectivity index (χ3n) is 1.21. The molecule has 1 aliphatic rings. The number of nitrogens with zero attached hydrogens (tertiary/aromatic N) is 1. The number of amidine groups is 1. The number of hydrogen-bond donors (Lipinski definition) is 2. The molecule has 9 heavy (non-hydrogen) atoms. The van der Waals surface area contributed by atoms with Gasteiger partial charge < -0.3 is 10.9 Å². The summed E-state index contributed by atoms with van der Waals surface area (Å²) in [4.78, 5) is 0. The molecule has 3 nitrogen and oxygen atoms in total. The maximum Gasteiger partial charge on any atom is 0.166 e. The van der Waals surface area contributed by atoms with Crippen molar-refractivity contribution in [2.75, 3.05) is 0 Å². The molecule has 1 aliphatic carbocycles. The molecule has 3 heteroatoms. The van der Waals surface area contributed by atoms with Crippen LogP contribution >= 0.6 is 0 Å². The maximum absolute atomic E-state index is 8.19. The summed E-state index contributed by atoms with van der Waals surface area (Å²) in [5.74, 6) is 0.208. The Kier molecular flexibility index (Phi) is 1.53. The topological polar surface area (TPSA) is 58.6 Å². The van der Waals surface area contributed by atoms with Gasteiger partial charge in [-0.2, -0.15) is 0 Å². The van der Waals surface area contributed by atoms with Crippen LogP contribution in [0.3, 0.4) is 0 Å². The lowest BCUT2D eigenvalue weighted by Gasteiger charge is -1.94. The summed E-state index contributed by atoms with van der Waals surface area (Å²) in [6.07, 6.45) is 6.44. The summed E-state index contributed by atoms with van der Waals surface area (Å²) in [6, 6.07) is 0. The van der Waals surface area contributed by atoms with E-state index < -0.39 is 0 Å². The molecule has 0 fully saturated rings. The first-order valence-corrected chi connectivity index (χ1v) is 2.68. The van der Waals surface area contributed by atoms with Gasteiger partial charge in [0.15, 0.2) is 5.84 Å². The third kappa shape index (κ3) is 1.10. The molecular formula is C6H8N2O. The van der Waals surface area contributed by atoms with E-state index in [-0.39, 0.29) is 5.84 Å². The van der Waals surface area contributed by atoms with Crippen LogP contribution in [-0.2, 0) is 0 Å². The Morgan fingerprint density at radius 2 is 2.56 bits per heavy atom. The second kappa shape index (κ2) is 2.35. The van der Waals surface area contributed by atoms with Crippen LogP contribution in [0.25, 0.3) is 0 Å². The normalized spacial score (nSPS) is 18.2. The Bertz CT molecular complexity index is 191. The number of oxime groups is 1. The molecular weight excluding hydrogens is 116 g/mol. The van der Waals surface area contributed by atoms with Crippen molar-refractivity contribution in [3.63, 3.8) is 0 Å². The van der Waals surface area contributed by atoms with Crippen LogP contribution in [0.4, 0.5) is 0 Å². The van der Waals surface area contributed by atoms with Crippen LogP contribution in [0.1, 0.15) is 6.42 Å². The molecule has 0 radical (unpaired) electrons. The first-order chi connectivity index (χ1) is 4.34. The van der Waals surface area contributed by atoms with E-state index in [4.69, 9.17) is 10.9 Å². The standard InChI is InChI=1S/C6H8N2O/c7-6(8-9)5-3-1-2-4-5/h1-3,9H,4H2,(H2,7,8). The highest BCUT2D eigenvalue weighted by atomic mass is 16.4. The summed E-state index contributed by atoms with van der Waals surface area (Å²) >= 11 is 0. The van der Waals surface area contributed by atoms with Gasteiger partial charge in [-0.3, -0.25) is 0 Å². The Morgan fingerprint density at radius 1 is 1.78 bits per heavy atom. The van der Waals surface area contributed by atoms with Gasteiger partial charge in [0.05, 0.1) is 0 Å². The average Bonchev–Trinajstić information content (AvgIpc) is 2.37. The molecule has 1 rings (SSSR count). The predicted molar refractivity (Wildman–Crippen MR) is 35.2 cm³/mol. The molecule has 0 aromatic carbocycles. The highest BCUT2D eigenvalue weighted by Gasteiger charge is 2.02. The Morgan fingerprint density at radius 3 is 3.00 bits per heavy atom. The third-order valence-corrected chi connectivity index (χ3v) is 1.21. The largest absolute Gasteiger partial charge is 0.409 e. The zero-order valence-electron chi connectivity index (χ0n) is 4.91. The Balaban J connectivity index is 2.66. The molecule has 0 bridgehead atoms. The van der Waals surface area contributed by atoms with Crippen molar-refractivity contribution in [3.05, 3.63) is 23.8 Å². The minimum Gasteiger partial charge on any atom is -0.409 e. The molecule has 48 valence electrons. The lowest BCUT2D eigenvalue weighted by molar-refractivity contribution is 0.318. The first-order valence-electron chi connectivity index (χ1n) is 2.68. The molecule has 0 aromatic rings. The van der Waals surface area contributed by atoms with Gasteiger partial charge in [-0.05, 0) is 6.42 Å². The lowest BCUT2D eigenvalue weighted by atomic mass is 10.2. The zero-order chi connectivity index (χ0) is 6.69. The van der Waals surface area contributed by atoms with Crippen LogP contribution in [-0.4, -0.2) is 11.0 Å². The molecule has 0 spiro atoms. The summed E-state index contributed by atoms with van der Waals surface area (Å²) in [7, 11) is 0. The van der Waals surface area contributed by atoms with Crippen molar-refractivity contribution < 1.29 is 5.21 Å². The molecule has 0 saturated carbocycles. The average molecular weight is 124 g/mol. The maximum atomic E-state index is 8.19. The highest BCUT2D eigenvalue weighted by Crippen LogP contribution is 2.09. The van der Waals surface area contributed by atoms with Gasteiger partial charge in [0.2, 0.25) is 0 Å².